The Morgan fingerprint density at radius 1 is 1.83 bits per heavy atom. The molecule has 66 valence electrons. The van der Waals surface area contributed by atoms with E-state index in [1.807, 2.05) is 6.92 Å². The highest BCUT2D eigenvalue weighted by Gasteiger charge is 2.05. The van der Waals surface area contributed by atoms with Crippen LogP contribution in [0.25, 0.3) is 0 Å². The molecule has 0 aliphatic carbocycles. The van der Waals surface area contributed by atoms with Crippen LogP contribution in [0.15, 0.2) is 6.20 Å². The third-order valence-electron chi connectivity index (χ3n) is 1.18. The third-order valence-corrected chi connectivity index (χ3v) is 2.12. The van der Waals surface area contributed by atoms with Crippen LogP contribution in [0.5, 0.6) is 5.06 Å². The number of hydrogen-bond acceptors (Lipinski definition) is 4. The normalized spacial score (nSPS) is 9.75. The van der Waals surface area contributed by atoms with Crippen molar-refractivity contribution in [2.75, 3.05) is 0 Å². The number of aryl methyl sites for hydroxylation is 1. The average molecular weight is 187 g/mol. The first kappa shape index (κ1) is 8.99. The summed E-state index contributed by atoms with van der Waals surface area (Å²) >= 11 is 1.27. The predicted molar refractivity (Wildman–Crippen MR) is 44.8 cm³/mol. The smallest absolute Gasteiger partial charge is 0.449 e. The topological polar surface area (TPSA) is 59.4 Å². The van der Waals surface area contributed by atoms with Crippen LogP contribution in [0.4, 0.5) is 4.79 Å². The lowest BCUT2D eigenvalue weighted by Crippen LogP contribution is -2.00. The van der Waals surface area contributed by atoms with E-state index in [1.165, 1.54) is 17.5 Å². The highest BCUT2D eigenvalue weighted by atomic mass is 32.1. The molecule has 1 heterocycles. The van der Waals surface area contributed by atoms with Crippen molar-refractivity contribution in [2.24, 2.45) is 0 Å². The van der Waals surface area contributed by atoms with Crippen molar-refractivity contribution >= 4 is 17.5 Å². The van der Waals surface area contributed by atoms with E-state index in [0.717, 1.165) is 17.8 Å². The zero-order chi connectivity index (χ0) is 8.97. The fraction of sp³-hybridized carbons (Fsp3) is 0.429. The molecule has 0 radical (unpaired) electrons. The minimum absolute atomic E-state index is 0.339. The maximum atomic E-state index is 10.1. The first-order valence-corrected chi connectivity index (χ1v) is 4.39. The van der Waals surface area contributed by atoms with Crippen LogP contribution in [0, 0.1) is 0 Å². The summed E-state index contributed by atoms with van der Waals surface area (Å²) in [6.07, 6.45) is 2.01. The van der Waals surface area contributed by atoms with Gasteiger partial charge in [0.05, 0.1) is 11.2 Å². The van der Waals surface area contributed by atoms with Gasteiger partial charge in [0.15, 0.2) is 0 Å². The SMILES string of the molecule is CCCc1ncc(OC(=O)O)s1. The summed E-state index contributed by atoms with van der Waals surface area (Å²) in [5.74, 6) is 0. The van der Waals surface area contributed by atoms with Crippen molar-refractivity contribution in [1.29, 1.82) is 0 Å². The second-order valence-electron chi connectivity index (χ2n) is 2.19. The zero-order valence-electron chi connectivity index (χ0n) is 6.61. The molecule has 0 saturated heterocycles. The Morgan fingerprint density at radius 2 is 2.58 bits per heavy atom. The Morgan fingerprint density at radius 3 is 3.17 bits per heavy atom. The predicted octanol–water partition coefficient (Wildman–Crippen LogP) is 2.15. The molecule has 0 unspecified atom stereocenters. The molecule has 4 nitrogen and oxygen atoms in total. The van der Waals surface area contributed by atoms with Gasteiger partial charge < -0.3 is 9.84 Å². The van der Waals surface area contributed by atoms with E-state index in [9.17, 15) is 4.79 Å². The molecule has 0 amide bonds. The molecule has 1 rings (SSSR count). The quantitative estimate of drug-likeness (QED) is 0.736. The average Bonchev–Trinajstić information content (AvgIpc) is 2.36. The molecule has 1 N–H and O–H groups in total. The van der Waals surface area contributed by atoms with Crippen LogP contribution < -0.4 is 4.74 Å². The molecule has 0 aliphatic heterocycles. The Balaban J connectivity index is 2.58. The summed E-state index contributed by atoms with van der Waals surface area (Å²) in [4.78, 5) is 14.1. The summed E-state index contributed by atoms with van der Waals surface area (Å²) in [6, 6.07) is 0. The highest BCUT2D eigenvalue weighted by Crippen LogP contribution is 2.22. The molecule has 1 aromatic rings. The Bertz CT molecular complexity index is 271. The van der Waals surface area contributed by atoms with Crippen molar-refractivity contribution in [3.05, 3.63) is 11.2 Å². The summed E-state index contributed by atoms with van der Waals surface area (Å²) < 4.78 is 4.41. The number of carbonyl (C=O) groups is 1. The van der Waals surface area contributed by atoms with Crippen molar-refractivity contribution in [3.63, 3.8) is 0 Å². The van der Waals surface area contributed by atoms with Gasteiger partial charge in [0.2, 0.25) is 5.06 Å². The van der Waals surface area contributed by atoms with Crippen molar-refractivity contribution in [1.82, 2.24) is 4.98 Å². The standard InChI is InChI=1S/C7H9NO3S/c1-2-3-5-8-4-6(12-5)11-7(9)10/h4H,2-3H2,1H3,(H,9,10). The second-order valence-corrected chi connectivity index (χ2v) is 3.27. The minimum atomic E-state index is -1.29. The minimum Gasteiger partial charge on any atom is -0.449 e. The highest BCUT2D eigenvalue weighted by molar-refractivity contribution is 7.13. The first-order valence-electron chi connectivity index (χ1n) is 3.58. The van der Waals surface area contributed by atoms with Crippen molar-refractivity contribution < 1.29 is 14.6 Å². The lowest BCUT2D eigenvalue weighted by Gasteiger charge is -1.90. The van der Waals surface area contributed by atoms with Crippen LogP contribution in [0.2, 0.25) is 0 Å². The second kappa shape index (κ2) is 4.06. The lowest BCUT2D eigenvalue weighted by molar-refractivity contribution is 0.146. The molecular formula is C7H9NO3S. The van der Waals surface area contributed by atoms with Crippen LogP contribution in [0.3, 0.4) is 0 Å². The molecule has 0 atom stereocenters. The van der Waals surface area contributed by atoms with Gasteiger partial charge in [-0.3, -0.25) is 0 Å². The van der Waals surface area contributed by atoms with E-state index in [0.29, 0.717) is 5.06 Å². The number of nitrogens with zero attached hydrogens (tertiary/aromatic N) is 1. The Hall–Kier alpha value is -1.10. The van der Waals surface area contributed by atoms with Crippen LogP contribution in [0.1, 0.15) is 18.4 Å². The van der Waals surface area contributed by atoms with Crippen LogP contribution in [-0.2, 0) is 6.42 Å². The first-order chi connectivity index (χ1) is 5.72. The van der Waals surface area contributed by atoms with Gasteiger partial charge in [0, 0.05) is 0 Å². The monoisotopic (exact) mass is 187 g/mol. The molecule has 0 saturated carbocycles. The number of ether oxygens (including phenoxy) is 1. The molecule has 0 aromatic carbocycles. The molecule has 1 aromatic heterocycles. The fourth-order valence-electron chi connectivity index (χ4n) is 0.756. The van der Waals surface area contributed by atoms with Gasteiger partial charge in [0.25, 0.3) is 0 Å². The Labute approximate surface area is 73.8 Å². The van der Waals surface area contributed by atoms with Gasteiger partial charge in [-0.25, -0.2) is 9.78 Å². The number of aromatic nitrogens is 1. The number of carboxylic acid groups (broad SMARTS) is 1. The molecule has 12 heavy (non-hydrogen) atoms. The summed E-state index contributed by atoms with van der Waals surface area (Å²) in [5, 5.41) is 9.51. The maximum Gasteiger partial charge on any atom is 0.512 e. The van der Waals surface area contributed by atoms with Crippen LogP contribution in [-0.4, -0.2) is 16.2 Å². The third kappa shape index (κ3) is 2.50. The van der Waals surface area contributed by atoms with Gasteiger partial charge in [-0.05, 0) is 12.8 Å². The van der Waals surface area contributed by atoms with Gasteiger partial charge in [-0.1, -0.05) is 18.3 Å². The van der Waals surface area contributed by atoms with Crippen molar-refractivity contribution in [2.45, 2.75) is 19.8 Å². The van der Waals surface area contributed by atoms with E-state index in [2.05, 4.69) is 9.72 Å². The van der Waals surface area contributed by atoms with E-state index < -0.39 is 6.16 Å². The van der Waals surface area contributed by atoms with Gasteiger partial charge in [0.1, 0.15) is 0 Å². The Kier molecular flexibility index (Phi) is 3.04. The zero-order valence-corrected chi connectivity index (χ0v) is 7.43. The summed E-state index contributed by atoms with van der Waals surface area (Å²) in [7, 11) is 0. The molecule has 0 spiro atoms. The molecule has 0 aliphatic rings. The van der Waals surface area contributed by atoms with Gasteiger partial charge in [-0.15, -0.1) is 0 Å². The summed E-state index contributed by atoms with van der Waals surface area (Å²) in [5.41, 5.74) is 0. The summed E-state index contributed by atoms with van der Waals surface area (Å²) in [6.45, 7) is 2.04. The van der Waals surface area contributed by atoms with Crippen LogP contribution >= 0.6 is 11.3 Å². The lowest BCUT2D eigenvalue weighted by atomic mass is 10.4. The molecule has 5 heteroatoms. The molecule has 0 fully saturated rings. The van der Waals surface area contributed by atoms with Gasteiger partial charge in [-0.2, -0.15) is 0 Å². The molecule has 0 bridgehead atoms. The van der Waals surface area contributed by atoms with E-state index >= 15 is 0 Å². The van der Waals surface area contributed by atoms with E-state index in [-0.39, 0.29) is 0 Å². The van der Waals surface area contributed by atoms with Gasteiger partial charge >= 0.3 is 6.16 Å². The largest absolute Gasteiger partial charge is 0.512 e. The fourth-order valence-corrected chi connectivity index (χ4v) is 1.62. The number of hydrogen-bond donors (Lipinski definition) is 1. The number of rotatable bonds is 3. The van der Waals surface area contributed by atoms with E-state index in [1.54, 1.807) is 0 Å². The number of thiazole rings is 1. The maximum absolute atomic E-state index is 10.1. The molecular weight excluding hydrogens is 178 g/mol. The van der Waals surface area contributed by atoms with E-state index in [4.69, 9.17) is 5.11 Å². The van der Waals surface area contributed by atoms with Crippen molar-refractivity contribution in [3.8, 4) is 5.06 Å².